The smallest absolute Gasteiger partial charge is 0.154 e. The molecule has 0 amide bonds. The van der Waals surface area contributed by atoms with Crippen molar-refractivity contribution in [3.8, 4) is 6.07 Å². The molecule has 0 spiro atoms. The van der Waals surface area contributed by atoms with Crippen molar-refractivity contribution in [1.29, 1.82) is 5.26 Å². The van der Waals surface area contributed by atoms with E-state index in [0.29, 0.717) is 6.42 Å². The third kappa shape index (κ3) is 4.62. The van der Waals surface area contributed by atoms with Gasteiger partial charge in [-0.05, 0) is 24.1 Å². The molecular weight excluding hydrogens is 290 g/mol. The van der Waals surface area contributed by atoms with Crippen molar-refractivity contribution in [2.24, 2.45) is 0 Å². The number of hydrogen-bond donors (Lipinski definition) is 0. The van der Waals surface area contributed by atoms with Gasteiger partial charge in [0.25, 0.3) is 0 Å². The molecule has 0 aliphatic heterocycles. The van der Waals surface area contributed by atoms with Crippen LogP contribution in [0.15, 0.2) is 28.7 Å². The van der Waals surface area contributed by atoms with Gasteiger partial charge in [0, 0.05) is 10.9 Å². The van der Waals surface area contributed by atoms with Crippen molar-refractivity contribution in [2.75, 3.05) is 0 Å². The summed E-state index contributed by atoms with van der Waals surface area (Å²) >= 11 is 3.34. The highest BCUT2D eigenvalue weighted by molar-refractivity contribution is 9.10. The average Bonchev–Trinajstić information content (AvgIpc) is 2.38. The molecule has 0 radical (unpaired) electrons. The molecule has 3 heteroatoms. The number of carbonyl (C=O) groups excluding carboxylic acids is 1. The number of carbonyl (C=O) groups is 1. The van der Waals surface area contributed by atoms with Crippen LogP contribution >= 0.6 is 15.9 Å². The van der Waals surface area contributed by atoms with Gasteiger partial charge in [0.2, 0.25) is 0 Å². The van der Waals surface area contributed by atoms with Crippen LogP contribution in [0.4, 0.5) is 0 Å². The summed E-state index contributed by atoms with van der Waals surface area (Å²) in [6, 6.07) is 9.51. The molecule has 1 rings (SSSR count). The van der Waals surface area contributed by atoms with E-state index < -0.39 is 5.92 Å². The standard InChI is InChI=1S/C15H18BrNO/c1-2-3-4-5-6-15(18)14(11-17)12-7-9-13(16)10-8-12/h7-10,14H,2-6H2,1H3. The fourth-order valence-corrected chi connectivity index (χ4v) is 2.12. The zero-order chi connectivity index (χ0) is 13.4. The van der Waals surface area contributed by atoms with E-state index >= 15 is 0 Å². The Hall–Kier alpha value is -1.14. The number of unbranched alkanes of at least 4 members (excludes halogenated alkanes) is 3. The first-order valence-electron chi connectivity index (χ1n) is 6.36. The highest BCUT2D eigenvalue weighted by Crippen LogP contribution is 2.21. The lowest BCUT2D eigenvalue weighted by Gasteiger charge is -2.08. The van der Waals surface area contributed by atoms with Gasteiger partial charge in [-0.3, -0.25) is 4.79 Å². The lowest BCUT2D eigenvalue weighted by Crippen LogP contribution is -2.10. The first kappa shape index (κ1) is 14.9. The number of Topliss-reactive ketones (excluding diaryl/α,β-unsaturated/α-hetero) is 1. The van der Waals surface area contributed by atoms with Gasteiger partial charge in [0.05, 0.1) is 6.07 Å². The second kappa shape index (κ2) is 8.05. The fourth-order valence-electron chi connectivity index (χ4n) is 1.86. The van der Waals surface area contributed by atoms with E-state index in [2.05, 4.69) is 28.9 Å². The minimum absolute atomic E-state index is 0.0379. The SMILES string of the molecule is CCCCCCC(=O)C(C#N)c1ccc(Br)cc1. The minimum atomic E-state index is -0.611. The number of benzene rings is 1. The van der Waals surface area contributed by atoms with Crippen molar-refractivity contribution in [3.05, 3.63) is 34.3 Å². The topological polar surface area (TPSA) is 40.9 Å². The van der Waals surface area contributed by atoms with Gasteiger partial charge in [-0.15, -0.1) is 0 Å². The molecule has 0 saturated heterocycles. The van der Waals surface area contributed by atoms with Crippen molar-refractivity contribution < 1.29 is 4.79 Å². The number of nitrogens with zero attached hydrogens (tertiary/aromatic N) is 1. The molecule has 0 aromatic heterocycles. The summed E-state index contributed by atoms with van der Waals surface area (Å²) in [6.45, 7) is 2.14. The van der Waals surface area contributed by atoms with Crippen molar-refractivity contribution in [3.63, 3.8) is 0 Å². The fraction of sp³-hybridized carbons (Fsp3) is 0.467. The number of nitriles is 1. The molecule has 0 fully saturated rings. The third-order valence-corrected chi connectivity index (χ3v) is 3.46. The molecule has 0 heterocycles. The van der Waals surface area contributed by atoms with Gasteiger partial charge < -0.3 is 0 Å². The Morgan fingerprint density at radius 2 is 1.94 bits per heavy atom. The summed E-state index contributed by atoms with van der Waals surface area (Å²) in [4.78, 5) is 12.0. The summed E-state index contributed by atoms with van der Waals surface area (Å²) < 4.78 is 0.957. The molecule has 18 heavy (non-hydrogen) atoms. The van der Waals surface area contributed by atoms with Crippen LogP contribution < -0.4 is 0 Å². The first-order chi connectivity index (χ1) is 8.69. The van der Waals surface area contributed by atoms with E-state index in [1.807, 2.05) is 24.3 Å². The molecule has 0 aliphatic carbocycles. The maximum atomic E-state index is 12.0. The predicted octanol–water partition coefficient (Wildman–Crippen LogP) is 4.60. The van der Waals surface area contributed by atoms with Gasteiger partial charge in [-0.25, -0.2) is 0 Å². The minimum Gasteiger partial charge on any atom is -0.298 e. The summed E-state index contributed by atoms with van der Waals surface area (Å²) in [6.07, 6.45) is 4.78. The van der Waals surface area contributed by atoms with Crippen LogP contribution in [0, 0.1) is 11.3 Å². The van der Waals surface area contributed by atoms with Crippen LogP contribution in [0.3, 0.4) is 0 Å². The van der Waals surface area contributed by atoms with Crippen LogP contribution in [0.1, 0.15) is 50.5 Å². The van der Waals surface area contributed by atoms with E-state index in [4.69, 9.17) is 5.26 Å². The second-order valence-corrected chi connectivity index (χ2v) is 5.31. The zero-order valence-corrected chi connectivity index (χ0v) is 12.2. The van der Waals surface area contributed by atoms with E-state index in [1.165, 1.54) is 0 Å². The quantitative estimate of drug-likeness (QED) is 0.691. The Balaban J connectivity index is 2.58. The van der Waals surface area contributed by atoms with Gasteiger partial charge >= 0.3 is 0 Å². The van der Waals surface area contributed by atoms with Crippen LogP contribution in [0.5, 0.6) is 0 Å². The summed E-state index contributed by atoms with van der Waals surface area (Å²) in [5.41, 5.74) is 0.793. The molecule has 0 N–H and O–H groups in total. The molecular formula is C15H18BrNO. The van der Waals surface area contributed by atoms with E-state index in [0.717, 1.165) is 35.7 Å². The lowest BCUT2D eigenvalue weighted by atomic mass is 9.93. The molecule has 1 aromatic carbocycles. The molecule has 0 saturated carbocycles. The molecule has 1 atom stereocenters. The Bertz CT molecular complexity index is 419. The predicted molar refractivity (Wildman–Crippen MR) is 76.3 cm³/mol. The molecule has 0 bridgehead atoms. The largest absolute Gasteiger partial charge is 0.298 e. The lowest BCUT2D eigenvalue weighted by molar-refractivity contribution is -0.119. The first-order valence-corrected chi connectivity index (χ1v) is 7.16. The second-order valence-electron chi connectivity index (χ2n) is 4.39. The van der Waals surface area contributed by atoms with Gasteiger partial charge in [0.15, 0.2) is 5.78 Å². The molecule has 2 nitrogen and oxygen atoms in total. The molecule has 1 unspecified atom stereocenters. The van der Waals surface area contributed by atoms with Crippen molar-refractivity contribution >= 4 is 21.7 Å². The maximum absolute atomic E-state index is 12.0. The molecule has 1 aromatic rings. The van der Waals surface area contributed by atoms with Gasteiger partial charge in [-0.2, -0.15) is 5.26 Å². The van der Waals surface area contributed by atoms with Crippen LogP contribution in [0.2, 0.25) is 0 Å². The highest BCUT2D eigenvalue weighted by atomic mass is 79.9. The van der Waals surface area contributed by atoms with Crippen LogP contribution in [0.25, 0.3) is 0 Å². The molecule has 0 aliphatic rings. The van der Waals surface area contributed by atoms with Crippen molar-refractivity contribution in [2.45, 2.75) is 44.9 Å². The number of halogens is 1. The van der Waals surface area contributed by atoms with E-state index in [-0.39, 0.29) is 5.78 Å². The third-order valence-electron chi connectivity index (χ3n) is 2.93. The Labute approximate surface area is 117 Å². The summed E-state index contributed by atoms with van der Waals surface area (Å²) in [7, 11) is 0. The number of rotatable bonds is 7. The van der Waals surface area contributed by atoms with Crippen molar-refractivity contribution in [1.82, 2.24) is 0 Å². The summed E-state index contributed by atoms with van der Waals surface area (Å²) in [5, 5.41) is 9.14. The highest BCUT2D eigenvalue weighted by Gasteiger charge is 2.19. The monoisotopic (exact) mass is 307 g/mol. The van der Waals surface area contributed by atoms with Gasteiger partial charge in [0.1, 0.15) is 5.92 Å². The van der Waals surface area contributed by atoms with Gasteiger partial charge in [-0.1, -0.05) is 54.2 Å². The van der Waals surface area contributed by atoms with E-state index in [9.17, 15) is 4.79 Å². The molecule has 96 valence electrons. The Kier molecular flexibility index (Phi) is 6.67. The van der Waals surface area contributed by atoms with Crippen LogP contribution in [-0.4, -0.2) is 5.78 Å². The number of ketones is 1. The van der Waals surface area contributed by atoms with Crippen LogP contribution in [-0.2, 0) is 4.79 Å². The maximum Gasteiger partial charge on any atom is 0.154 e. The zero-order valence-electron chi connectivity index (χ0n) is 10.7. The summed E-state index contributed by atoms with van der Waals surface area (Å²) in [5.74, 6) is -0.573. The Morgan fingerprint density at radius 1 is 1.28 bits per heavy atom. The number of hydrogen-bond acceptors (Lipinski definition) is 2. The average molecular weight is 308 g/mol. The normalized spacial score (nSPS) is 11.8. The van der Waals surface area contributed by atoms with E-state index in [1.54, 1.807) is 0 Å². The Morgan fingerprint density at radius 3 is 2.50 bits per heavy atom.